The van der Waals surface area contributed by atoms with Gasteiger partial charge in [-0.25, -0.2) is 0 Å². The number of rotatable bonds is 4. The Kier molecular flexibility index (Phi) is 4.17. The average Bonchev–Trinajstić information content (AvgIpc) is 2.74. The molecule has 0 bridgehead atoms. The fraction of sp³-hybridized carbons (Fsp3) is 0.333. The maximum atomic E-state index is 9.53. The smallest absolute Gasteiger partial charge is 0.123 e. The van der Waals surface area contributed by atoms with Crippen LogP contribution in [-0.2, 0) is 6.54 Å². The highest BCUT2D eigenvalue weighted by Gasteiger charge is 2.11. The fourth-order valence-electron chi connectivity index (χ4n) is 1.98. The first-order valence-electron chi connectivity index (χ1n) is 6.21. The molecule has 2 rings (SSSR count). The van der Waals surface area contributed by atoms with Crippen molar-refractivity contribution in [2.45, 2.75) is 26.5 Å². The molecule has 0 spiro atoms. The Balaban J connectivity index is 2.17. The van der Waals surface area contributed by atoms with Gasteiger partial charge in [0.2, 0.25) is 0 Å². The van der Waals surface area contributed by atoms with Gasteiger partial charge in [-0.3, -0.25) is 0 Å². The molecular weight excluding hydrogens is 262 g/mol. The van der Waals surface area contributed by atoms with Gasteiger partial charge in [-0.05, 0) is 43.7 Å². The molecule has 0 unspecified atom stereocenters. The molecular formula is C15H18ClNO2. The lowest BCUT2D eigenvalue weighted by molar-refractivity contribution is 0.199. The van der Waals surface area contributed by atoms with Crippen molar-refractivity contribution in [1.29, 1.82) is 0 Å². The predicted octanol–water partition coefficient (Wildman–Crippen LogP) is 3.93. The molecule has 2 aromatic rings. The number of aryl methyl sites for hydroxylation is 1. The van der Waals surface area contributed by atoms with Gasteiger partial charge in [0.25, 0.3) is 0 Å². The number of aliphatic hydroxyl groups is 1. The van der Waals surface area contributed by atoms with E-state index in [4.69, 9.17) is 16.0 Å². The van der Waals surface area contributed by atoms with E-state index in [0.717, 1.165) is 22.8 Å². The minimum atomic E-state index is -0.510. The third-order valence-corrected chi connectivity index (χ3v) is 3.36. The molecule has 0 saturated heterocycles. The van der Waals surface area contributed by atoms with Crippen LogP contribution in [0.4, 0.5) is 5.69 Å². The molecule has 1 aromatic heterocycles. The van der Waals surface area contributed by atoms with Crippen LogP contribution in [0.2, 0.25) is 5.02 Å². The van der Waals surface area contributed by atoms with Crippen LogP contribution < -0.4 is 4.90 Å². The van der Waals surface area contributed by atoms with E-state index >= 15 is 0 Å². The third-order valence-electron chi connectivity index (χ3n) is 3.05. The Labute approximate surface area is 118 Å². The fourth-order valence-corrected chi connectivity index (χ4v) is 2.31. The van der Waals surface area contributed by atoms with Crippen molar-refractivity contribution in [2.24, 2.45) is 0 Å². The number of nitrogens with zero attached hydrogens (tertiary/aromatic N) is 1. The van der Waals surface area contributed by atoms with Crippen LogP contribution in [0.3, 0.4) is 0 Å². The Morgan fingerprint density at radius 1 is 1.32 bits per heavy atom. The lowest BCUT2D eigenvalue weighted by atomic mass is 10.1. The van der Waals surface area contributed by atoms with Crippen molar-refractivity contribution in [1.82, 2.24) is 0 Å². The van der Waals surface area contributed by atoms with Gasteiger partial charge in [-0.1, -0.05) is 17.7 Å². The van der Waals surface area contributed by atoms with Gasteiger partial charge in [0, 0.05) is 7.05 Å². The summed E-state index contributed by atoms with van der Waals surface area (Å²) in [5.41, 5.74) is 1.73. The highest BCUT2D eigenvalue weighted by Crippen LogP contribution is 2.29. The molecule has 0 amide bonds. The predicted molar refractivity (Wildman–Crippen MR) is 77.6 cm³/mol. The quantitative estimate of drug-likeness (QED) is 0.921. The standard InChI is InChI=1S/C15H18ClNO2/c1-10-4-6-13(19-10)9-17(3)15-7-5-12(11(2)18)8-14(15)16/h4-8,11,18H,9H2,1-3H3/t11-/m0/s1. The Hall–Kier alpha value is -1.45. The second kappa shape index (κ2) is 5.68. The maximum Gasteiger partial charge on any atom is 0.123 e. The van der Waals surface area contributed by atoms with Gasteiger partial charge in [-0.2, -0.15) is 0 Å². The van der Waals surface area contributed by atoms with Crippen molar-refractivity contribution >= 4 is 17.3 Å². The molecule has 19 heavy (non-hydrogen) atoms. The number of halogens is 1. The van der Waals surface area contributed by atoms with Crippen molar-refractivity contribution in [3.63, 3.8) is 0 Å². The molecule has 0 fully saturated rings. The number of hydrogen-bond acceptors (Lipinski definition) is 3. The SMILES string of the molecule is Cc1ccc(CN(C)c2ccc([C@H](C)O)cc2Cl)o1. The summed E-state index contributed by atoms with van der Waals surface area (Å²) in [5.74, 6) is 1.80. The molecule has 3 nitrogen and oxygen atoms in total. The highest BCUT2D eigenvalue weighted by molar-refractivity contribution is 6.33. The van der Waals surface area contributed by atoms with E-state index in [1.807, 2.05) is 43.1 Å². The van der Waals surface area contributed by atoms with Crippen LogP contribution in [0.25, 0.3) is 0 Å². The van der Waals surface area contributed by atoms with E-state index in [2.05, 4.69) is 0 Å². The summed E-state index contributed by atoms with van der Waals surface area (Å²) in [6.45, 7) is 4.30. The van der Waals surface area contributed by atoms with Crippen LogP contribution in [0.5, 0.6) is 0 Å². The van der Waals surface area contributed by atoms with Gasteiger partial charge in [0.05, 0.1) is 23.4 Å². The van der Waals surface area contributed by atoms with Crippen molar-refractivity contribution < 1.29 is 9.52 Å². The van der Waals surface area contributed by atoms with E-state index < -0.39 is 6.10 Å². The minimum Gasteiger partial charge on any atom is -0.464 e. The molecule has 0 saturated carbocycles. The summed E-state index contributed by atoms with van der Waals surface area (Å²) >= 11 is 6.26. The number of benzene rings is 1. The average molecular weight is 280 g/mol. The summed E-state index contributed by atoms with van der Waals surface area (Å²) in [6.07, 6.45) is -0.510. The molecule has 1 aromatic carbocycles. The first kappa shape index (κ1) is 14.0. The Morgan fingerprint density at radius 3 is 2.58 bits per heavy atom. The summed E-state index contributed by atoms with van der Waals surface area (Å²) in [7, 11) is 1.96. The van der Waals surface area contributed by atoms with E-state index in [-0.39, 0.29) is 0 Å². The molecule has 102 valence electrons. The normalized spacial score (nSPS) is 12.5. The van der Waals surface area contributed by atoms with E-state index in [1.165, 1.54) is 0 Å². The lowest BCUT2D eigenvalue weighted by Crippen LogP contribution is -2.16. The van der Waals surface area contributed by atoms with E-state index in [0.29, 0.717) is 11.6 Å². The Bertz CT molecular complexity index is 563. The second-order valence-corrected chi connectivity index (χ2v) is 5.16. The van der Waals surface area contributed by atoms with Gasteiger partial charge >= 0.3 is 0 Å². The molecule has 1 atom stereocenters. The zero-order chi connectivity index (χ0) is 14.0. The lowest BCUT2D eigenvalue weighted by Gasteiger charge is -2.20. The van der Waals surface area contributed by atoms with Crippen molar-refractivity contribution in [2.75, 3.05) is 11.9 Å². The molecule has 0 aliphatic carbocycles. The van der Waals surface area contributed by atoms with E-state index in [1.54, 1.807) is 13.0 Å². The Morgan fingerprint density at radius 2 is 2.05 bits per heavy atom. The molecule has 0 radical (unpaired) electrons. The molecule has 4 heteroatoms. The van der Waals surface area contributed by atoms with Gasteiger partial charge in [0.1, 0.15) is 11.5 Å². The summed E-state index contributed by atoms with van der Waals surface area (Å²) in [5, 5.41) is 10.2. The van der Waals surface area contributed by atoms with Crippen LogP contribution in [0, 0.1) is 6.92 Å². The van der Waals surface area contributed by atoms with Gasteiger partial charge < -0.3 is 14.4 Å². The van der Waals surface area contributed by atoms with Crippen molar-refractivity contribution in [3.8, 4) is 0 Å². The number of hydrogen-bond donors (Lipinski definition) is 1. The zero-order valence-electron chi connectivity index (χ0n) is 11.4. The first-order valence-corrected chi connectivity index (χ1v) is 6.59. The summed E-state index contributed by atoms with van der Waals surface area (Å²) in [4.78, 5) is 2.02. The van der Waals surface area contributed by atoms with Crippen molar-refractivity contribution in [3.05, 3.63) is 52.4 Å². The molecule has 0 aliphatic rings. The van der Waals surface area contributed by atoms with Crippen LogP contribution >= 0.6 is 11.6 Å². The van der Waals surface area contributed by atoms with Crippen LogP contribution in [-0.4, -0.2) is 12.2 Å². The monoisotopic (exact) mass is 279 g/mol. The zero-order valence-corrected chi connectivity index (χ0v) is 12.1. The topological polar surface area (TPSA) is 36.6 Å². The number of anilines is 1. The second-order valence-electron chi connectivity index (χ2n) is 4.76. The van der Waals surface area contributed by atoms with E-state index in [9.17, 15) is 5.11 Å². The number of aliphatic hydroxyl groups excluding tert-OH is 1. The minimum absolute atomic E-state index is 0.510. The summed E-state index contributed by atoms with van der Waals surface area (Å²) in [6, 6.07) is 9.51. The molecule has 1 heterocycles. The van der Waals surface area contributed by atoms with Crippen LogP contribution in [0.1, 0.15) is 30.1 Å². The van der Waals surface area contributed by atoms with Gasteiger partial charge in [-0.15, -0.1) is 0 Å². The molecule has 0 aliphatic heterocycles. The summed E-state index contributed by atoms with van der Waals surface area (Å²) < 4.78 is 5.55. The van der Waals surface area contributed by atoms with Gasteiger partial charge in [0.15, 0.2) is 0 Å². The largest absolute Gasteiger partial charge is 0.464 e. The van der Waals surface area contributed by atoms with Crippen LogP contribution in [0.15, 0.2) is 34.7 Å². The molecule has 1 N–H and O–H groups in total. The maximum absolute atomic E-state index is 9.53. The number of furan rings is 1. The first-order chi connectivity index (χ1) is 8.97. The third kappa shape index (κ3) is 3.31. The highest BCUT2D eigenvalue weighted by atomic mass is 35.5.